The fourth-order valence-corrected chi connectivity index (χ4v) is 3.89. The molecule has 26 heavy (non-hydrogen) atoms. The van der Waals surface area contributed by atoms with Gasteiger partial charge in [0.2, 0.25) is 0 Å². The molecule has 140 valence electrons. The fourth-order valence-electron chi connectivity index (χ4n) is 3.14. The molecule has 0 unspecified atom stereocenters. The number of benzene rings is 1. The number of carbonyl (C=O) groups is 1. The zero-order valence-corrected chi connectivity index (χ0v) is 16.2. The highest BCUT2D eigenvalue weighted by Gasteiger charge is 2.25. The summed E-state index contributed by atoms with van der Waals surface area (Å²) in [4.78, 5) is 18.1. The average Bonchev–Trinajstić information content (AvgIpc) is 3.14. The van der Waals surface area contributed by atoms with Gasteiger partial charge in [-0.2, -0.15) is 0 Å². The molecule has 1 fully saturated rings. The molecule has 1 aliphatic rings. The zero-order valence-electron chi connectivity index (χ0n) is 15.4. The standard InChI is InChI=1S/C20H26FN3OS/c1-20(2,16-5-7-17(21)8-6-16)15-22-19(25)24-11-9-23(10-12-24)14-18-4-3-13-26-18/h3-8,13H,9-12,14-15H2,1-2H3,(H,22,25). The van der Waals surface area contributed by atoms with Gasteiger partial charge >= 0.3 is 6.03 Å². The molecule has 1 saturated heterocycles. The first kappa shape index (κ1) is 18.9. The van der Waals surface area contributed by atoms with Crippen molar-refractivity contribution in [3.63, 3.8) is 0 Å². The Bertz CT molecular complexity index is 707. The van der Waals surface area contributed by atoms with E-state index < -0.39 is 0 Å². The van der Waals surface area contributed by atoms with E-state index in [0.717, 1.165) is 38.3 Å². The predicted molar refractivity (Wildman–Crippen MR) is 104 cm³/mol. The van der Waals surface area contributed by atoms with Crippen molar-refractivity contribution in [3.8, 4) is 0 Å². The van der Waals surface area contributed by atoms with Crippen LogP contribution < -0.4 is 5.32 Å². The highest BCUT2D eigenvalue weighted by molar-refractivity contribution is 7.09. The molecule has 4 nitrogen and oxygen atoms in total. The molecule has 6 heteroatoms. The normalized spacial score (nSPS) is 15.9. The van der Waals surface area contributed by atoms with E-state index >= 15 is 0 Å². The van der Waals surface area contributed by atoms with Crippen molar-refractivity contribution in [2.75, 3.05) is 32.7 Å². The van der Waals surface area contributed by atoms with Gasteiger partial charge in [0.1, 0.15) is 5.82 Å². The van der Waals surface area contributed by atoms with Gasteiger partial charge in [0.15, 0.2) is 0 Å². The van der Waals surface area contributed by atoms with E-state index in [1.807, 2.05) is 4.90 Å². The number of nitrogens with one attached hydrogen (secondary N) is 1. The lowest BCUT2D eigenvalue weighted by atomic mass is 9.84. The minimum atomic E-state index is -0.246. The molecular weight excluding hydrogens is 349 g/mol. The number of nitrogens with zero attached hydrogens (tertiary/aromatic N) is 2. The predicted octanol–water partition coefficient (Wildman–Crippen LogP) is 3.69. The van der Waals surface area contributed by atoms with Crippen LogP contribution in [0.1, 0.15) is 24.3 Å². The van der Waals surface area contributed by atoms with Crippen LogP contribution in [0.4, 0.5) is 9.18 Å². The lowest BCUT2D eigenvalue weighted by molar-refractivity contribution is 0.135. The van der Waals surface area contributed by atoms with Crippen LogP contribution in [0.2, 0.25) is 0 Å². The molecule has 0 radical (unpaired) electrons. The van der Waals surface area contributed by atoms with E-state index in [2.05, 4.69) is 41.6 Å². The van der Waals surface area contributed by atoms with E-state index in [-0.39, 0.29) is 17.3 Å². The second-order valence-corrected chi connectivity index (χ2v) is 8.42. The second-order valence-electron chi connectivity index (χ2n) is 7.39. The Kier molecular flexibility index (Phi) is 5.94. The summed E-state index contributed by atoms with van der Waals surface area (Å²) in [5, 5.41) is 5.14. The van der Waals surface area contributed by atoms with Crippen LogP contribution in [-0.2, 0) is 12.0 Å². The summed E-state index contributed by atoms with van der Waals surface area (Å²) in [5.41, 5.74) is 0.768. The second kappa shape index (κ2) is 8.18. The smallest absolute Gasteiger partial charge is 0.317 e. The van der Waals surface area contributed by atoms with E-state index in [1.54, 1.807) is 23.5 Å². The maximum Gasteiger partial charge on any atom is 0.317 e. The first-order chi connectivity index (χ1) is 12.4. The molecule has 1 aliphatic heterocycles. The molecule has 1 aromatic carbocycles. The Morgan fingerprint density at radius 3 is 2.46 bits per heavy atom. The monoisotopic (exact) mass is 375 g/mol. The lowest BCUT2D eigenvalue weighted by Gasteiger charge is -2.35. The van der Waals surface area contributed by atoms with Gasteiger partial charge in [0, 0.05) is 49.6 Å². The quantitative estimate of drug-likeness (QED) is 0.865. The van der Waals surface area contributed by atoms with E-state index in [4.69, 9.17) is 0 Å². The number of halogens is 1. The minimum absolute atomic E-state index is 0.0176. The van der Waals surface area contributed by atoms with Gasteiger partial charge in [-0.05, 0) is 29.1 Å². The van der Waals surface area contributed by atoms with Gasteiger partial charge in [-0.1, -0.05) is 32.0 Å². The van der Waals surface area contributed by atoms with Crippen molar-refractivity contribution in [3.05, 3.63) is 58.0 Å². The maximum absolute atomic E-state index is 13.1. The van der Waals surface area contributed by atoms with Crippen molar-refractivity contribution in [2.24, 2.45) is 0 Å². The van der Waals surface area contributed by atoms with Crippen LogP contribution in [0, 0.1) is 5.82 Å². The van der Waals surface area contributed by atoms with Gasteiger partial charge in [-0.3, -0.25) is 4.90 Å². The number of hydrogen-bond donors (Lipinski definition) is 1. The Morgan fingerprint density at radius 2 is 1.85 bits per heavy atom. The Hall–Kier alpha value is -1.92. The molecule has 1 aromatic heterocycles. The number of carbonyl (C=O) groups excluding carboxylic acids is 1. The van der Waals surface area contributed by atoms with E-state index in [9.17, 15) is 9.18 Å². The maximum atomic E-state index is 13.1. The van der Waals surface area contributed by atoms with Crippen LogP contribution in [0.5, 0.6) is 0 Å². The summed E-state index contributed by atoms with van der Waals surface area (Å²) in [6.07, 6.45) is 0. The summed E-state index contributed by atoms with van der Waals surface area (Å²) in [6, 6.07) is 10.7. The van der Waals surface area contributed by atoms with Crippen LogP contribution in [-0.4, -0.2) is 48.6 Å². The van der Waals surface area contributed by atoms with Crippen molar-refractivity contribution in [1.29, 1.82) is 0 Å². The Labute approximate surface area is 158 Å². The molecule has 0 aliphatic carbocycles. The third-order valence-corrected chi connectivity index (χ3v) is 5.79. The molecule has 0 bridgehead atoms. The summed E-state index contributed by atoms with van der Waals surface area (Å²) in [6.45, 7) is 8.87. The summed E-state index contributed by atoms with van der Waals surface area (Å²) in [7, 11) is 0. The number of hydrogen-bond acceptors (Lipinski definition) is 3. The van der Waals surface area contributed by atoms with E-state index in [0.29, 0.717) is 6.54 Å². The Balaban J connectivity index is 1.46. The SMILES string of the molecule is CC(C)(CNC(=O)N1CCN(Cc2cccs2)CC1)c1ccc(F)cc1. The number of amides is 2. The highest BCUT2D eigenvalue weighted by atomic mass is 32.1. The van der Waals surface area contributed by atoms with Crippen LogP contribution in [0.3, 0.4) is 0 Å². The third kappa shape index (κ3) is 4.83. The van der Waals surface area contributed by atoms with Crippen LogP contribution in [0.25, 0.3) is 0 Å². The van der Waals surface area contributed by atoms with Gasteiger partial charge < -0.3 is 10.2 Å². The van der Waals surface area contributed by atoms with Crippen LogP contribution in [0.15, 0.2) is 41.8 Å². The molecule has 0 atom stereocenters. The average molecular weight is 376 g/mol. The topological polar surface area (TPSA) is 35.6 Å². The van der Waals surface area contributed by atoms with Crippen molar-refractivity contribution in [1.82, 2.24) is 15.1 Å². The minimum Gasteiger partial charge on any atom is -0.337 e. The molecule has 0 spiro atoms. The summed E-state index contributed by atoms with van der Waals surface area (Å²) < 4.78 is 13.1. The van der Waals surface area contributed by atoms with Crippen LogP contribution >= 0.6 is 11.3 Å². The fraction of sp³-hybridized carbons (Fsp3) is 0.450. The largest absolute Gasteiger partial charge is 0.337 e. The third-order valence-electron chi connectivity index (χ3n) is 4.93. The van der Waals surface area contributed by atoms with Crippen molar-refractivity contribution < 1.29 is 9.18 Å². The zero-order chi connectivity index (χ0) is 18.6. The summed E-state index contributed by atoms with van der Waals surface area (Å²) >= 11 is 1.78. The highest BCUT2D eigenvalue weighted by Crippen LogP contribution is 2.22. The van der Waals surface area contributed by atoms with Gasteiger partial charge in [-0.25, -0.2) is 9.18 Å². The molecule has 0 saturated carbocycles. The number of thiophene rings is 1. The summed E-state index contributed by atoms with van der Waals surface area (Å²) in [5.74, 6) is -0.242. The van der Waals surface area contributed by atoms with Gasteiger partial charge in [0.25, 0.3) is 0 Å². The molecular formula is C20H26FN3OS. The molecule has 2 amide bonds. The molecule has 2 aromatic rings. The molecule has 3 rings (SSSR count). The van der Waals surface area contributed by atoms with Gasteiger partial charge in [-0.15, -0.1) is 11.3 Å². The first-order valence-corrected chi connectivity index (χ1v) is 9.85. The Morgan fingerprint density at radius 1 is 1.15 bits per heavy atom. The van der Waals surface area contributed by atoms with Crippen molar-refractivity contribution >= 4 is 17.4 Å². The molecule has 2 heterocycles. The number of rotatable bonds is 5. The lowest BCUT2D eigenvalue weighted by Crippen LogP contribution is -2.52. The first-order valence-electron chi connectivity index (χ1n) is 8.98. The number of urea groups is 1. The van der Waals surface area contributed by atoms with Crippen molar-refractivity contribution in [2.45, 2.75) is 25.8 Å². The number of piperazine rings is 1. The van der Waals surface area contributed by atoms with Gasteiger partial charge in [0.05, 0.1) is 0 Å². The molecule has 1 N–H and O–H groups in total. The van der Waals surface area contributed by atoms with E-state index in [1.165, 1.54) is 17.0 Å².